The lowest BCUT2D eigenvalue weighted by Gasteiger charge is -2.43. The Morgan fingerprint density at radius 2 is 1.82 bits per heavy atom. The molecule has 0 bridgehead atoms. The highest BCUT2D eigenvalue weighted by molar-refractivity contribution is 5.87. The standard InChI is InChI=1S/C25H31NO7/c1-7-30-19-11-8-17(9-12-19)15-31-24(28)26(5)18-10-13-21-20(14-18)22(29-6)23(32-16(2)27)25(3,4)33-21/h8-14,22-23H,7,15H2,1-6H3. The summed E-state index contributed by atoms with van der Waals surface area (Å²) in [5, 5.41) is 0. The number of methoxy groups -OCH3 is 1. The van der Waals surface area contributed by atoms with E-state index in [-0.39, 0.29) is 6.61 Å². The lowest BCUT2D eigenvalue weighted by Crippen LogP contribution is -2.51. The first-order valence-corrected chi connectivity index (χ1v) is 10.8. The summed E-state index contributed by atoms with van der Waals surface area (Å²) in [6, 6.07) is 12.7. The van der Waals surface area contributed by atoms with Gasteiger partial charge >= 0.3 is 12.1 Å². The van der Waals surface area contributed by atoms with Gasteiger partial charge < -0.3 is 23.7 Å². The second-order valence-corrected chi connectivity index (χ2v) is 8.30. The molecule has 0 fully saturated rings. The van der Waals surface area contributed by atoms with Crippen LogP contribution in [-0.2, 0) is 25.6 Å². The van der Waals surface area contributed by atoms with Crippen LogP contribution < -0.4 is 14.4 Å². The van der Waals surface area contributed by atoms with Gasteiger partial charge in [-0.3, -0.25) is 9.69 Å². The highest BCUT2D eigenvalue weighted by Crippen LogP contribution is 2.44. The van der Waals surface area contributed by atoms with Gasteiger partial charge in [-0.25, -0.2) is 4.79 Å². The third kappa shape index (κ3) is 5.57. The SMILES string of the molecule is CCOc1ccc(COC(=O)N(C)c2ccc3c(c2)C(OC)C(OC(C)=O)C(C)(C)O3)cc1. The number of amides is 1. The molecule has 1 aliphatic heterocycles. The first-order chi connectivity index (χ1) is 15.7. The molecule has 0 N–H and O–H groups in total. The zero-order valence-electron chi connectivity index (χ0n) is 19.9. The van der Waals surface area contributed by atoms with E-state index >= 15 is 0 Å². The quantitative estimate of drug-likeness (QED) is 0.560. The molecule has 1 heterocycles. The van der Waals surface area contributed by atoms with Gasteiger partial charge in [0, 0.05) is 32.3 Å². The lowest BCUT2D eigenvalue weighted by atomic mass is 9.88. The van der Waals surface area contributed by atoms with Gasteiger partial charge in [0.2, 0.25) is 0 Å². The molecular weight excluding hydrogens is 426 g/mol. The number of carbonyl (C=O) groups excluding carboxylic acids is 2. The van der Waals surface area contributed by atoms with Crippen molar-refractivity contribution in [3.05, 3.63) is 53.6 Å². The first kappa shape index (κ1) is 24.4. The maximum absolute atomic E-state index is 12.7. The molecular formula is C25H31NO7. The molecule has 0 saturated carbocycles. The molecule has 178 valence electrons. The summed E-state index contributed by atoms with van der Waals surface area (Å²) < 4.78 is 28.2. The van der Waals surface area contributed by atoms with Crippen molar-refractivity contribution in [1.29, 1.82) is 0 Å². The molecule has 2 atom stereocenters. The summed E-state index contributed by atoms with van der Waals surface area (Å²) in [4.78, 5) is 25.7. The van der Waals surface area contributed by atoms with Crippen molar-refractivity contribution in [2.24, 2.45) is 0 Å². The second kappa shape index (κ2) is 10.1. The summed E-state index contributed by atoms with van der Waals surface area (Å²) in [6.07, 6.45) is -1.72. The fourth-order valence-electron chi connectivity index (χ4n) is 3.76. The number of rotatable bonds is 7. The number of fused-ring (bicyclic) bond motifs is 1. The molecule has 2 unspecified atom stereocenters. The third-order valence-corrected chi connectivity index (χ3v) is 5.44. The Kier molecular flexibility index (Phi) is 7.48. The van der Waals surface area contributed by atoms with Crippen molar-refractivity contribution >= 4 is 17.7 Å². The number of hydrogen-bond donors (Lipinski definition) is 0. The van der Waals surface area contributed by atoms with Gasteiger partial charge in [-0.2, -0.15) is 0 Å². The number of nitrogens with zero attached hydrogens (tertiary/aromatic N) is 1. The number of esters is 1. The Hall–Kier alpha value is -3.26. The van der Waals surface area contributed by atoms with E-state index in [2.05, 4.69) is 0 Å². The molecule has 8 nitrogen and oxygen atoms in total. The van der Waals surface area contributed by atoms with E-state index in [1.165, 1.54) is 11.8 Å². The van der Waals surface area contributed by atoms with Crippen LogP contribution in [-0.4, -0.2) is 44.5 Å². The Morgan fingerprint density at radius 1 is 1.12 bits per heavy atom. The van der Waals surface area contributed by atoms with Crippen molar-refractivity contribution < 1.29 is 33.3 Å². The van der Waals surface area contributed by atoms with E-state index in [1.54, 1.807) is 32.4 Å². The Morgan fingerprint density at radius 3 is 2.42 bits per heavy atom. The van der Waals surface area contributed by atoms with Crippen molar-refractivity contribution in [2.45, 2.75) is 52.1 Å². The average Bonchev–Trinajstić information content (AvgIpc) is 2.78. The largest absolute Gasteiger partial charge is 0.494 e. The predicted octanol–water partition coefficient (Wildman–Crippen LogP) is 4.65. The van der Waals surface area contributed by atoms with Crippen molar-refractivity contribution in [2.75, 3.05) is 25.7 Å². The van der Waals surface area contributed by atoms with Gasteiger partial charge in [-0.1, -0.05) is 12.1 Å². The van der Waals surface area contributed by atoms with Crippen LogP contribution in [0.3, 0.4) is 0 Å². The molecule has 1 amide bonds. The van der Waals surface area contributed by atoms with Crippen LogP contribution in [0, 0.1) is 0 Å². The van der Waals surface area contributed by atoms with Crippen molar-refractivity contribution in [3.63, 3.8) is 0 Å². The van der Waals surface area contributed by atoms with Crippen molar-refractivity contribution in [3.8, 4) is 11.5 Å². The zero-order valence-corrected chi connectivity index (χ0v) is 19.9. The van der Waals surface area contributed by atoms with Crippen LogP contribution in [0.1, 0.15) is 44.9 Å². The Bertz CT molecular complexity index is 987. The fourth-order valence-corrected chi connectivity index (χ4v) is 3.76. The van der Waals surface area contributed by atoms with Gasteiger partial charge in [-0.15, -0.1) is 0 Å². The van der Waals surface area contributed by atoms with Crippen LogP contribution in [0.2, 0.25) is 0 Å². The predicted molar refractivity (Wildman–Crippen MR) is 123 cm³/mol. The molecule has 0 radical (unpaired) electrons. The van der Waals surface area contributed by atoms with E-state index in [9.17, 15) is 9.59 Å². The van der Waals surface area contributed by atoms with Crippen LogP contribution in [0.15, 0.2) is 42.5 Å². The van der Waals surface area contributed by atoms with Gasteiger partial charge in [0.25, 0.3) is 0 Å². The molecule has 2 aromatic carbocycles. The molecule has 0 aromatic heterocycles. The molecule has 0 aliphatic carbocycles. The smallest absolute Gasteiger partial charge is 0.414 e. The molecule has 2 aromatic rings. The van der Waals surface area contributed by atoms with Crippen LogP contribution in [0.25, 0.3) is 0 Å². The third-order valence-electron chi connectivity index (χ3n) is 5.44. The monoisotopic (exact) mass is 457 g/mol. The summed E-state index contributed by atoms with van der Waals surface area (Å²) in [6.45, 7) is 7.68. The first-order valence-electron chi connectivity index (χ1n) is 10.8. The number of ether oxygens (including phenoxy) is 5. The molecule has 0 spiro atoms. The highest BCUT2D eigenvalue weighted by Gasteiger charge is 2.46. The maximum atomic E-state index is 12.7. The van der Waals surface area contributed by atoms with Gasteiger partial charge in [0.1, 0.15) is 29.8 Å². The topological polar surface area (TPSA) is 83.5 Å². The Balaban J connectivity index is 1.74. The minimum absolute atomic E-state index is 0.132. The number of carbonyl (C=O) groups is 2. The molecule has 33 heavy (non-hydrogen) atoms. The minimum atomic E-state index is -0.788. The van der Waals surface area contributed by atoms with Crippen LogP contribution in [0.4, 0.5) is 10.5 Å². The summed E-state index contributed by atoms with van der Waals surface area (Å²) in [5.74, 6) is 0.951. The molecule has 0 saturated heterocycles. The molecule has 8 heteroatoms. The van der Waals surface area contributed by atoms with Gasteiger partial charge in [-0.05, 0) is 56.7 Å². The van der Waals surface area contributed by atoms with E-state index in [0.29, 0.717) is 23.6 Å². The molecule has 3 rings (SSSR count). The molecule has 1 aliphatic rings. The van der Waals surface area contributed by atoms with E-state index in [4.69, 9.17) is 23.7 Å². The number of hydrogen-bond acceptors (Lipinski definition) is 7. The minimum Gasteiger partial charge on any atom is -0.494 e. The summed E-state index contributed by atoms with van der Waals surface area (Å²) >= 11 is 0. The number of anilines is 1. The fraction of sp³-hybridized carbons (Fsp3) is 0.440. The van der Waals surface area contributed by atoms with Crippen LogP contribution >= 0.6 is 0 Å². The number of benzene rings is 2. The van der Waals surface area contributed by atoms with E-state index in [1.807, 2.05) is 45.0 Å². The van der Waals surface area contributed by atoms with Crippen molar-refractivity contribution in [1.82, 2.24) is 0 Å². The average molecular weight is 458 g/mol. The maximum Gasteiger partial charge on any atom is 0.414 e. The van der Waals surface area contributed by atoms with E-state index in [0.717, 1.165) is 11.3 Å². The normalized spacial score (nSPS) is 18.5. The Labute approximate surface area is 194 Å². The van der Waals surface area contributed by atoms with Crippen LogP contribution in [0.5, 0.6) is 11.5 Å². The summed E-state index contributed by atoms with van der Waals surface area (Å²) in [7, 11) is 3.18. The van der Waals surface area contributed by atoms with E-state index < -0.39 is 29.9 Å². The van der Waals surface area contributed by atoms with Gasteiger partial charge in [0.15, 0.2) is 6.10 Å². The van der Waals surface area contributed by atoms with Gasteiger partial charge in [0.05, 0.1) is 6.61 Å². The zero-order chi connectivity index (χ0) is 24.2. The summed E-state index contributed by atoms with van der Waals surface area (Å²) in [5.41, 5.74) is 1.35. The second-order valence-electron chi connectivity index (χ2n) is 8.30. The lowest BCUT2D eigenvalue weighted by molar-refractivity contribution is -0.178. The highest BCUT2D eigenvalue weighted by atomic mass is 16.6.